The highest BCUT2D eigenvalue weighted by Gasteiger charge is 2.47. The molecule has 8 aromatic carbocycles. The minimum atomic E-state index is -0.489. The number of aromatic nitrogens is 2. The number of rotatable bonds is 6. The van der Waals surface area contributed by atoms with E-state index < -0.39 is 10.8 Å². The van der Waals surface area contributed by atoms with Crippen molar-refractivity contribution in [2.24, 2.45) is 0 Å². The first-order valence-electron chi connectivity index (χ1n) is 20.1. The van der Waals surface area contributed by atoms with Crippen molar-refractivity contribution in [3.05, 3.63) is 262 Å². The SMILES string of the molecule is Cc1cccc(C2(c3cccc(-c4cc(-c5cccc(C6(c7cccc(C)c7)c7ccccc7-c7ccccc76)c5)ncn4)c3)c3ccccc3-c3ccccc32)c1. The second-order valence-electron chi connectivity index (χ2n) is 15.9. The average molecular weight is 741 g/mol. The number of aryl methyl sites for hydroxylation is 2. The molecule has 11 rings (SSSR count). The summed E-state index contributed by atoms with van der Waals surface area (Å²) in [5.74, 6) is 0. The van der Waals surface area contributed by atoms with Gasteiger partial charge in [0.25, 0.3) is 0 Å². The molecule has 1 heterocycles. The van der Waals surface area contributed by atoms with Gasteiger partial charge in [0.15, 0.2) is 0 Å². The predicted molar refractivity (Wildman–Crippen MR) is 237 cm³/mol. The van der Waals surface area contributed by atoms with Crippen LogP contribution in [0.4, 0.5) is 0 Å². The van der Waals surface area contributed by atoms with Crippen LogP contribution in [0.3, 0.4) is 0 Å². The summed E-state index contributed by atoms with van der Waals surface area (Å²) in [6, 6.07) is 73.9. The highest BCUT2D eigenvalue weighted by Crippen LogP contribution is 2.58. The summed E-state index contributed by atoms with van der Waals surface area (Å²) in [6.45, 7) is 4.37. The minimum absolute atomic E-state index is 0.489. The van der Waals surface area contributed by atoms with Crippen molar-refractivity contribution in [1.82, 2.24) is 9.97 Å². The second-order valence-corrected chi connectivity index (χ2v) is 15.9. The molecule has 2 aliphatic carbocycles. The van der Waals surface area contributed by atoms with Crippen LogP contribution in [0.2, 0.25) is 0 Å². The first-order chi connectivity index (χ1) is 28.6. The van der Waals surface area contributed by atoms with Crippen LogP contribution in [0.1, 0.15) is 55.6 Å². The Kier molecular flexibility index (Phi) is 7.78. The molecular weight excluding hydrogens is 701 g/mol. The second kappa shape index (κ2) is 13.2. The summed E-state index contributed by atoms with van der Waals surface area (Å²) < 4.78 is 0. The molecule has 0 saturated heterocycles. The van der Waals surface area contributed by atoms with Gasteiger partial charge in [-0.25, -0.2) is 9.97 Å². The molecule has 0 atom stereocenters. The van der Waals surface area contributed by atoms with Crippen molar-refractivity contribution in [3.8, 4) is 44.8 Å². The molecule has 0 unspecified atom stereocenters. The quantitative estimate of drug-likeness (QED) is 0.170. The molecule has 0 amide bonds. The Morgan fingerprint density at radius 3 is 1.00 bits per heavy atom. The van der Waals surface area contributed by atoms with E-state index in [0.717, 1.165) is 22.5 Å². The Bertz CT molecular complexity index is 2770. The third-order valence-electron chi connectivity index (χ3n) is 12.7. The Labute approximate surface area is 340 Å². The summed E-state index contributed by atoms with van der Waals surface area (Å²) in [7, 11) is 0. The molecule has 0 aliphatic heterocycles. The monoisotopic (exact) mass is 740 g/mol. The maximum atomic E-state index is 4.92. The van der Waals surface area contributed by atoms with Crippen LogP contribution in [0, 0.1) is 13.8 Å². The standard InChI is InChI=1S/C56H40N2/c1-37-15-11-19-41(31-37)55(49-27-7-3-23-45(49)46-24-4-8-28-50(46)55)43-21-13-17-39(33-43)53-35-54(58-36-57-53)40-18-14-22-44(34-40)56(42-20-12-16-38(2)32-42)51-29-9-5-25-47(51)48-26-6-10-30-52(48)56/h3-36H,1-2H3. The third kappa shape index (κ3) is 4.91. The number of hydrogen-bond acceptors (Lipinski definition) is 2. The maximum absolute atomic E-state index is 4.92. The van der Waals surface area contributed by atoms with Gasteiger partial charge in [0.05, 0.1) is 22.2 Å². The summed E-state index contributed by atoms with van der Waals surface area (Å²) >= 11 is 0. The van der Waals surface area contributed by atoms with Gasteiger partial charge in [0.1, 0.15) is 6.33 Å². The summed E-state index contributed by atoms with van der Waals surface area (Å²) in [4.78, 5) is 9.84. The predicted octanol–water partition coefficient (Wildman–Crippen LogP) is 13.2. The molecule has 0 N–H and O–H groups in total. The molecule has 0 fully saturated rings. The van der Waals surface area contributed by atoms with Crippen LogP contribution in [0.25, 0.3) is 44.8 Å². The van der Waals surface area contributed by atoms with Gasteiger partial charge in [-0.3, -0.25) is 0 Å². The van der Waals surface area contributed by atoms with Crippen LogP contribution >= 0.6 is 0 Å². The van der Waals surface area contributed by atoms with E-state index in [-0.39, 0.29) is 0 Å². The van der Waals surface area contributed by atoms with Crippen LogP contribution in [0.15, 0.2) is 207 Å². The van der Waals surface area contributed by atoms with Gasteiger partial charge in [-0.15, -0.1) is 0 Å². The maximum Gasteiger partial charge on any atom is 0.116 e. The zero-order valence-electron chi connectivity index (χ0n) is 32.5. The number of fused-ring (bicyclic) bond motifs is 6. The van der Waals surface area contributed by atoms with Gasteiger partial charge in [-0.05, 0) is 98.8 Å². The Morgan fingerprint density at radius 1 is 0.310 bits per heavy atom. The van der Waals surface area contributed by atoms with Crippen molar-refractivity contribution in [1.29, 1.82) is 0 Å². The van der Waals surface area contributed by atoms with Crippen LogP contribution in [-0.2, 0) is 10.8 Å². The van der Waals surface area contributed by atoms with Crippen molar-refractivity contribution < 1.29 is 0 Å². The molecule has 0 saturated carbocycles. The van der Waals surface area contributed by atoms with E-state index in [1.165, 1.54) is 77.9 Å². The Balaban J connectivity index is 1.07. The van der Waals surface area contributed by atoms with Crippen LogP contribution in [0.5, 0.6) is 0 Å². The molecular formula is C56H40N2. The molecule has 9 aromatic rings. The van der Waals surface area contributed by atoms with Crippen molar-refractivity contribution in [3.63, 3.8) is 0 Å². The van der Waals surface area contributed by atoms with Gasteiger partial charge < -0.3 is 0 Å². The molecule has 0 radical (unpaired) electrons. The fourth-order valence-electron chi connectivity index (χ4n) is 10.3. The smallest absolute Gasteiger partial charge is 0.116 e. The number of nitrogens with zero attached hydrogens (tertiary/aromatic N) is 2. The van der Waals surface area contributed by atoms with Crippen molar-refractivity contribution in [2.45, 2.75) is 24.7 Å². The van der Waals surface area contributed by atoms with Gasteiger partial charge in [0, 0.05) is 11.1 Å². The fraction of sp³-hybridized carbons (Fsp3) is 0.0714. The lowest BCUT2D eigenvalue weighted by atomic mass is 9.67. The fourth-order valence-corrected chi connectivity index (χ4v) is 10.3. The Morgan fingerprint density at radius 2 is 0.638 bits per heavy atom. The molecule has 2 aliphatic rings. The normalized spacial score (nSPS) is 14.0. The van der Waals surface area contributed by atoms with Gasteiger partial charge >= 0.3 is 0 Å². The van der Waals surface area contributed by atoms with E-state index in [4.69, 9.17) is 9.97 Å². The molecule has 0 bridgehead atoms. The number of hydrogen-bond donors (Lipinski definition) is 0. The lowest BCUT2D eigenvalue weighted by Crippen LogP contribution is -2.28. The van der Waals surface area contributed by atoms with E-state index in [0.29, 0.717) is 0 Å². The van der Waals surface area contributed by atoms with E-state index >= 15 is 0 Å². The third-order valence-corrected chi connectivity index (χ3v) is 12.7. The molecule has 2 heteroatoms. The van der Waals surface area contributed by atoms with Crippen molar-refractivity contribution >= 4 is 0 Å². The van der Waals surface area contributed by atoms with E-state index in [9.17, 15) is 0 Å². The summed E-state index contributed by atoms with van der Waals surface area (Å²) in [5, 5.41) is 0. The molecule has 58 heavy (non-hydrogen) atoms. The summed E-state index contributed by atoms with van der Waals surface area (Å²) in [5.41, 5.74) is 20.7. The zero-order valence-corrected chi connectivity index (χ0v) is 32.5. The van der Waals surface area contributed by atoms with E-state index in [1.54, 1.807) is 6.33 Å². The molecule has 274 valence electrons. The lowest BCUT2D eigenvalue weighted by molar-refractivity contribution is 0.767. The Hall–Kier alpha value is -7.16. The van der Waals surface area contributed by atoms with Gasteiger partial charge in [-0.2, -0.15) is 0 Å². The lowest BCUT2D eigenvalue weighted by Gasteiger charge is -2.34. The highest BCUT2D eigenvalue weighted by atomic mass is 14.8. The molecule has 2 nitrogen and oxygen atoms in total. The van der Waals surface area contributed by atoms with Gasteiger partial charge in [0.2, 0.25) is 0 Å². The highest BCUT2D eigenvalue weighted by molar-refractivity contribution is 5.88. The average Bonchev–Trinajstić information content (AvgIpc) is 3.76. The van der Waals surface area contributed by atoms with Gasteiger partial charge in [-0.1, -0.05) is 193 Å². The largest absolute Gasteiger partial charge is 0.236 e. The first-order valence-corrected chi connectivity index (χ1v) is 20.1. The first kappa shape index (κ1) is 34.1. The summed E-state index contributed by atoms with van der Waals surface area (Å²) in [6.07, 6.45) is 1.72. The van der Waals surface area contributed by atoms with E-state index in [2.05, 4.69) is 214 Å². The van der Waals surface area contributed by atoms with E-state index in [1.807, 2.05) is 0 Å². The number of benzene rings is 8. The zero-order chi connectivity index (χ0) is 38.8. The molecule has 0 spiro atoms. The molecule has 1 aromatic heterocycles. The van der Waals surface area contributed by atoms with Crippen LogP contribution < -0.4 is 0 Å². The van der Waals surface area contributed by atoms with Crippen molar-refractivity contribution in [2.75, 3.05) is 0 Å². The topological polar surface area (TPSA) is 25.8 Å². The minimum Gasteiger partial charge on any atom is -0.236 e. The van der Waals surface area contributed by atoms with Crippen LogP contribution in [-0.4, -0.2) is 9.97 Å².